The molecule has 0 saturated carbocycles. The number of carbonyl (C=O) groups is 2. The van der Waals surface area contributed by atoms with E-state index in [2.05, 4.69) is 37.9 Å². The number of urea groups is 1. The first-order chi connectivity index (χ1) is 14.8. The molecule has 5 nitrogen and oxygen atoms in total. The molecule has 1 unspecified atom stereocenters. The predicted molar refractivity (Wildman–Crippen MR) is 131 cm³/mol. The zero-order chi connectivity index (χ0) is 23.1. The molecule has 1 rings (SSSR count). The van der Waals surface area contributed by atoms with Gasteiger partial charge in [0.2, 0.25) is 0 Å². The lowest BCUT2D eigenvalue weighted by molar-refractivity contribution is -0.132. The molecule has 1 heterocycles. The number of unbranched alkanes of at least 4 members (excludes halogenated alkanes) is 10. The van der Waals surface area contributed by atoms with Crippen LogP contribution in [0.15, 0.2) is 0 Å². The van der Waals surface area contributed by atoms with Crippen LogP contribution in [0.25, 0.3) is 0 Å². The summed E-state index contributed by atoms with van der Waals surface area (Å²) in [7, 11) is 0. The van der Waals surface area contributed by atoms with Crippen molar-refractivity contribution in [3.05, 3.63) is 0 Å². The van der Waals surface area contributed by atoms with Gasteiger partial charge in [-0.25, -0.2) is 9.69 Å². The Kier molecular flexibility index (Phi) is 14.1. The van der Waals surface area contributed by atoms with Crippen molar-refractivity contribution in [2.75, 3.05) is 19.8 Å². The van der Waals surface area contributed by atoms with Gasteiger partial charge in [-0.1, -0.05) is 91.9 Å². The van der Waals surface area contributed by atoms with E-state index >= 15 is 0 Å². The Balaban J connectivity index is 2.58. The molecule has 1 atom stereocenters. The van der Waals surface area contributed by atoms with Crippen LogP contribution in [-0.2, 0) is 4.79 Å². The third-order valence-corrected chi connectivity index (χ3v) is 6.56. The van der Waals surface area contributed by atoms with E-state index in [-0.39, 0.29) is 11.9 Å². The zero-order valence-corrected chi connectivity index (χ0v) is 21.3. The van der Waals surface area contributed by atoms with Crippen molar-refractivity contribution in [3.63, 3.8) is 0 Å². The summed E-state index contributed by atoms with van der Waals surface area (Å²) >= 11 is 0. The molecule has 31 heavy (non-hydrogen) atoms. The van der Waals surface area contributed by atoms with Crippen molar-refractivity contribution < 1.29 is 9.59 Å². The van der Waals surface area contributed by atoms with Crippen LogP contribution >= 0.6 is 0 Å². The van der Waals surface area contributed by atoms with E-state index in [0.717, 1.165) is 32.4 Å². The minimum atomic E-state index is -0.743. The van der Waals surface area contributed by atoms with Gasteiger partial charge < -0.3 is 5.32 Å². The summed E-state index contributed by atoms with van der Waals surface area (Å²) in [5, 5.41) is 2.98. The summed E-state index contributed by atoms with van der Waals surface area (Å²) in [5.41, 5.74) is -0.743. The topological polar surface area (TPSA) is 52.6 Å². The van der Waals surface area contributed by atoms with Crippen LogP contribution in [0, 0.1) is 5.92 Å². The van der Waals surface area contributed by atoms with E-state index < -0.39 is 5.54 Å². The Morgan fingerprint density at radius 1 is 0.839 bits per heavy atom. The molecule has 1 saturated heterocycles. The number of hydrogen-bond donors (Lipinski definition) is 1. The summed E-state index contributed by atoms with van der Waals surface area (Å²) < 4.78 is 0. The van der Waals surface area contributed by atoms with Crippen LogP contribution in [0.3, 0.4) is 0 Å². The van der Waals surface area contributed by atoms with Crippen molar-refractivity contribution in [1.29, 1.82) is 0 Å². The molecule has 0 radical (unpaired) electrons. The van der Waals surface area contributed by atoms with E-state index in [9.17, 15) is 9.59 Å². The second-order valence-corrected chi connectivity index (χ2v) is 10.2. The standard InChI is InChI=1S/C26H51N3O2/c1-6-8-10-12-14-16-20-28(21-17-15-13-11-9-7-2)22-29-24(30)26(5,27-25(29)31)19-18-23(3)4/h23H,6-22H2,1-5H3,(H,27,31). The quantitative estimate of drug-likeness (QED) is 0.180. The second kappa shape index (κ2) is 15.7. The van der Waals surface area contributed by atoms with E-state index in [1.807, 2.05) is 6.92 Å². The SMILES string of the molecule is CCCCCCCCN(CCCCCCCC)CN1C(=O)NC(C)(CCC(C)C)C1=O. The highest BCUT2D eigenvalue weighted by atomic mass is 16.2. The summed E-state index contributed by atoms with van der Waals surface area (Å²) in [6.45, 7) is 13.1. The first-order valence-corrected chi connectivity index (χ1v) is 13.2. The number of imide groups is 1. The molecule has 0 spiro atoms. The molecule has 0 aromatic heterocycles. The monoisotopic (exact) mass is 437 g/mol. The van der Waals surface area contributed by atoms with Crippen LogP contribution in [0.2, 0.25) is 0 Å². The van der Waals surface area contributed by atoms with Crippen LogP contribution < -0.4 is 5.32 Å². The predicted octanol–water partition coefficient (Wildman–Crippen LogP) is 6.71. The average Bonchev–Trinajstić information content (AvgIpc) is 2.94. The maximum atomic E-state index is 13.1. The van der Waals surface area contributed by atoms with Crippen molar-refractivity contribution in [1.82, 2.24) is 15.1 Å². The Labute approximate surface area is 192 Å². The van der Waals surface area contributed by atoms with Crippen molar-refractivity contribution in [2.24, 2.45) is 5.92 Å². The van der Waals surface area contributed by atoms with Gasteiger partial charge in [-0.2, -0.15) is 0 Å². The van der Waals surface area contributed by atoms with Gasteiger partial charge in [-0.05, 0) is 51.6 Å². The minimum Gasteiger partial charge on any atom is -0.323 e. The summed E-state index contributed by atoms with van der Waals surface area (Å²) in [6, 6.07) is -0.216. The van der Waals surface area contributed by atoms with E-state index in [4.69, 9.17) is 0 Å². The fourth-order valence-electron chi connectivity index (χ4n) is 4.31. The van der Waals surface area contributed by atoms with Gasteiger partial charge in [0.1, 0.15) is 5.54 Å². The normalized spacial score (nSPS) is 19.1. The molecule has 182 valence electrons. The lowest BCUT2D eigenvalue weighted by Gasteiger charge is -2.27. The molecule has 1 aliphatic rings. The number of carbonyl (C=O) groups excluding carboxylic acids is 2. The largest absolute Gasteiger partial charge is 0.326 e. The molecular weight excluding hydrogens is 386 g/mol. The van der Waals surface area contributed by atoms with Gasteiger partial charge >= 0.3 is 6.03 Å². The number of nitrogens with zero attached hydrogens (tertiary/aromatic N) is 2. The van der Waals surface area contributed by atoms with Gasteiger partial charge in [-0.3, -0.25) is 9.69 Å². The molecule has 0 aromatic carbocycles. The Bertz CT molecular complexity index is 493. The maximum absolute atomic E-state index is 13.1. The molecule has 3 amide bonds. The minimum absolute atomic E-state index is 0.0472. The Hall–Kier alpha value is -1.10. The first-order valence-electron chi connectivity index (χ1n) is 13.2. The van der Waals surface area contributed by atoms with E-state index in [1.54, 1.807) is 0 Å². The van der Waals surface area contributed by atoms with Gasteiger partial charge in [-0.15, -0.1) is 0 Å². The highest BCUT2D eigenvalue weighted by Gasteiger charge is 2.47. The molecule has 1 aliphatic heterocycles. The Morgan fingerprint density at radius 3 is 1.81 bits per heavy atom. The Morgan fingerprint density at radius 2 is 1.32 bits per heavy atom. The number of hydrogen-bond acceptors (Lipinski definition) is 3. The number of nitrogens with one attached hydrogen (secondary N) is 1. The number of amides is 3. The fourth-order valence-corrected chi connectivity index (χ4v) is 4.31. The van der Waals surface area contributed by atoms with Crippen LogP contribution in [0.1, 0.15) is 125 Å². The maximum Gasteiger partial charge on any atom is 0.326 e. The molecule has 0 aliphatic carbocycles. The summed E-state index contributed by atoms with van der Waals surface area (Å²) in [6.07, 6.45) is 16.8. The third kappa shape index (κ3) is 10.9. The third-order valence-electron chi connectivity index (χ3n) is 6.56. The summed E-state index contributed by atoms with van der Waals surface area (Å²) in [5.74, 6) is 0.474. The van der Waals surface area contributed by atoms with Gasteiger partial charge in [0.25, 0.3) is 5.91 Å². The van der Waals surface area contributed by atoms with Gasteiger partial charge in [0.05, 0.1) is 6.67 Å². The lowest BCUT2D eigenvalue weighted by atomic mass is 9.92. The van der Waals surface area contributed by atoms with Crippen molar-refractivity contribution >= 4 is 11.9 Å². The zero-order valence-electron chi connectivity index (χ0n) is 21.3. The smallest absolute Gasteiger partial charge is 0.323 e. The van der Waals surface area contributed by atoms with Crippen LogP contribution in [-0.4, -0.2) is 47.0 Å². The van der Waals surface area contributed by atoms with Gasteiger partial charge in [0, 0.05) is 0 Å². The molecule has 1 fully saturated rings. The highest BCUT2D eigenvalue weighted by molar-refractivity contribution is 6.06. The van der Waals surface area contributed by atoms with Crippen molar-refractivity contribution in [3.8, 4) is 0 Å². The second-order valence-electron chi connectivity index (χ2n) is 10.2. The van der Waals surface area contributed by atoms with E-state index in [0.29, 0.717) is 19.0 Å². The molecule has 0 aromatic rings. The van der Waals surface area contributed by atoms with Crippen LogP contribution in [0.4, 0.5) is 4.79 Å². The lowest BCUT2D eigenvalue weighted by Crippen LogP contribution is -2.46. The van der Waals surface area contributed by atoms with Crippen LogP contribution in [0.5, 0.6) is 0 Å². The molecule has 5 heteroatoms. The highest BCUT2D eigenvalue weighted by Crippen LogP contribution is 2.25. The summed E-state index contributed by atoms with van der Waals surface area (Å²) in [4.78, 5) is 29.5. The fraction of sp³-hybridized carbons (Fsp3) is 0.923. The molecular formula is C26H51N3O2. The molecule has 1 N–H and O–H groups in total. The van der Waals surface area contributed by atoms with Crippen molar-refractivity contribution in [2.45, 2.75) is 130 Å². The average molecular weight is 438 g/mol. The molecule has 0 bridgehead atoms. The van der Waals surface area contributed by atoms with E-state index in [1.165, 1.54) is 69.1 Å². The van der Waals surface area contributed by atoms with Gasteiger partial charge in [0.15, 0.2) is 0 Å². The number of rotatable bonds is 19. The first kappa shape index (κ1) is 27.9.